The van der Waals surface area contributed by atoms with Crippen molar-refractivity contribution in [1.29, 1.82) is 0 Å². The molecule has 0 unspecified atom stereocenters. The lowest BCUT2D eigenvalue weighted by molar-refractivity contribution is -0.122. The van der Waals surface area contributed by atoms with Gasteiger partial charge in [0.2, 0.25) is 5.91 Å². The topological polar surface area (TPSA) is 65.5 Å². The van der Waals surface area contributed by atoms with E-state index in [-0.39, 0.29) is 17.2 Å². The first kappa shape index (κ1) is 18.1. The number of hydrogen-bond donors (Lipinski definition) is 3. The second kappa shape index (κ2) is 8.09. The molecule has 0 spiro atoms. The zero-order chi connectivity index (χ0) is 17.7. The fraction of sp³-hybridized carbons (Fsp3) is 0.579. The summed E-state index contributed by atoms with van der Waals surface area (Å²) in [6.07, 6.45) is 4.40. The first-order chi connectivity index (χ1) is 12.1. The highest BCUT2D eigenvalue weighted by Gasteiger charge is 2.44. The van der Waals surface area contributed by atoms with Gasteiger partial charge in [-0.05, 0) is 50.3 Å². The average Bonchev–Trinajstić information content (AvgIpc) is 3.50. The number of rotatable bonds is 8. The molecular formula is C19H27ClN4O. The molecule has 3 N–H and O–H groups in total. The van der Waals surface area contributed by atoms with E-state index in [1.54, 1.807) is 0 Å². The number of hydrogen-bond acceptors (Lipinski definition) is 2. The van der Waals surface area contributed by atoms with Gasteiger partial charge in [0, 0.05) is 36.0 Å². The molecule has 0 aliphatic heterocycles. The first-order valence-corrected chi connectivity index (χ1v) is 9.57. The minimum Gasteiger partial charge on any atom is -0.357 e. The van der Waals surface area contributed by atoms with E-state index >= 15 is 0 Å². The zero-order valence-corrected chi connectivity index (χ0v) is 15.5. The number of carbonyl (C=O) groups is 1. The zero-order valence-electron chi connectivity index (χ0n) is 14.8. The lowest BCUT2D eigenvalue weighted by Crippen LogP contribution is -2.42. The molecule has 0 bridgehead atoms. The van der Waals surface area contributed by atoms with Crippen molar-refractivity contribution in [2.45, 2.75) is 38.0 Å². The van der Waals surface area contributed by atoms with Gasteiger partial charge in [0.25, 0.3) is 0 Å². The van der Waals surface area contributed by atoms with Gasteiger partial charge in [0.1, 0.15) is 0 Å². The molecule has 0 heterocycles. The van der Waals surface area contributed by atoms with E-state index < -0.39 is 0 Å². The predicted molar refractivity (Wildman–Crippen MR) is 102 cm³/mol. The summed E-state index contributed by atoms with van der Waals surface area (Å²) in [6, 6.07) is 8.12. The van der Waals surface area contributed by atoms with Crippen LogP contribution >= 0.6 is 11.6 Å². The quantitative estimate of drug-likeness (QED) is 0.378. The van der Waals surface area contributed by atoms with Gasteiger partial charge in [0.05, 0.1) is 6.54 Å². The van der Waals surface area contributed by atoms with Crippen LogP contribution in [0.25, 0.3) is 0 Å². The van der Waals surface area contributed by atoms with Gasteiger partial charge in [0.15, 0.2) is 5.96 Å². The predicted octanol–water partition coefficient (Wildman–Crippen LogP) is 2.45. The van der Waals surface area contributed by atoms with Crippen molar-refractivity contribution in [2.75, 3.05) is 26.2 Å². The van der Waals surface area contributed by atoms with Gasteiger partial charge < -0.3 is 16.0 Å². The standard InChI is InChI=1S/C19H27ClN4O/c1-2-21-18(23-12-11-22-17(25)14-3-4-14)24-13-19(9-10-19)15-5-7-16(20)8-6-15/h5-8,14H,2-4,9-13H2,1H3,(H,22,25)(H2,21,23,24). The fourth-order valence-corrected chi connectivity index (χ4v) is 3.05. The average molecular weight is 363 g/mol. The molecule has 2 fully saturated rings. The van der Waals surface area contributed by atoms with Crippen molar-refractivity contribution in [2.24, 2.45) is 10.9 Å². The summed E-state index contributed by atoms with van der Waals surface area (Å²) in [5.41, 5.74) is 1.47. The summed E-state index contributed by atoms with van der Waals surface area (Å²) in [4.78, 5) is 16.4. The molecule has 2 saturated carbocycles. The van der Waals surface area contributed by atoms with Gasteiger partial charge in [-0.25, -0.2) is 0 Å². The SMILES string of the molecule is CCNC(=NCC1(c2ccc(Cl)cc2)CC1)NCCNC(=O)C1CC1. The molecule has 0 saturated heterocycles. The van der Waals surface area contributed by atoms with Crippen LogP contribution in [0.3, 0.4) is 0 Å². The van der Waals surface area contributed by atoms with Crippen LogP contribution in [0.2, 0.25) is 5.02 Å². The summed E-state index contributed by atoms with van der Waals surface area (Å²) < 4.78 is 0. The molecule has 136 valence electrons. The molecule has 1 aromatic rings. The van der Waals surface area contributed by atoms with E-state index in [1.807, 2.05) is 12.1 Å². The van der Waals surface area contributed by atoms with E-state index in [0.717, 1.165) is 49.8 Å². The van der Waals surface area contributed by atoms with Crippen LogP contribution < -0.4 is 16.0 Å². The third kappa shape index (κ3) is 5.11. The number of guanidine groups is 1. The Kier molecular flexibility index (Phi) is 5.84. The van der Waals surface area contributed by atoms with Crippen LogP contribution in [0.15, 0.2) is 29.3 Å². The van der Waals surface area contributed by atoms with Crippen molar-refractivity contribution >= 4 is 23.5 Å². The highest BCUT2D eigenvalue weighted by Crippen LogP contribution is 2.48. The maximum Gasteiger partial charge on any atom is 0.223 e. The number of halogens is 1. The largest absolute Gasteiger partial charge is 0.357 e. The third-order valence-corrected chi connectivity index (χ3v) is 5.11. The lowest BCUT2D eigenvalue weighted by Gasteiger charge is -2.16. The molecule has 2 aliphatic rings. The summed E-state index contributed by atoms with van der Waals surface area (Å²) >= 11 is 5.99. The van der Waals surface area contributed by atoms with Gasteiger partial charge in [-0.1, -0.05) is 23.7 Å². The highest BCUT2D eigenvalue weighted by atomic mass is 35.5. The number of amides is 1. The summed E-state index contributed by atoms with van der Waals surface area (Å²) in [5.74, 6) is 1.25. The Hall–Kier alpha value is -1.75. The maximum atomic E-state index is 11.6. The van der Waals surface area contributed by atoms with Gasteiger partial charge in [-0.3, -0.25) is 9.79 Å². The van der Waals surface area contributed by atoms with E-state index in [2.05, 4.69) is 35.0 Å². The summed E-state index contributed by atoms with van der Waals surface area (Å²) in [6.45, 7) is 4.94. The van der Waals surface area contributed by atoms with Crippen molar-refractivity contribution in [3.8, 4) is 0 Å². The summed E-state index contributed by atoms with van der Waals surface area (Å²) in [7, 11) is 0. The Morgan fingerprint density at radius 1 is 1.16 bits per heavy atom. The van der Waals surface area contributed by atoms with Crippen LogP contribution in [-0.4, -0.2) is 38.0 Å². The normalized spacial score (nSPS) is 18.6. The number of carbonyl (C=O) groups excluding carboxylic acids is 1. The molecule has 5 nitrogen and oxygen atoms in total. The molecule has 6 heteroatoms. The van der Waals surface area contributed by atoms with Crippen molar-refractivity contribution in [3.63, 3.8) is 0 Å². The number of nitrogens with one attached hydrogen (secondary N) is 3. The molecule has 25 heavy (non-hydrogen) atoms. The Morgan fingerprint density at radius 2 is 1.84 bits per heavy atom. The molecule has 0 atom stereocenters. The summed E-state index contributed by atoms with van der Waals surface area (Å²) in [5, 5.41) is 10.3. The lowest BCUT2D eigenvalue weighted by atomic mass is 9.96. The molecular weight excluding hydrogens is 336 g/mol. The molecule has 0 aromatic heterocycles. The van der Waals surface area contributed by atoms with E-state index in [9.17, 15) is 4.79 Å². The Balaban J connectivity index is 1.49. The second-order valence-electron chi connectivity index (χ2n) is 6.97. The number of benzene rings is 1. The van der Waals surface area contributed by atoms with Gasteiger partial charge >= 0.3 is 0 Å². The maximum absolute atomic E-state index is 11.6. The Labute approximate surface area is 154 Å². The minimum absolute atomic E-state index is 0.160. The molecule has 1 aromatic carbocycles. The van der Waals surface area contributed by atoms with Gasteiger partial charge in [-0.15, -0.1) is 0 Å². The second-order valence-corrected chi connectivity index (χ2v) is 7.41. The van der Waals surface area contributed by atoms with Crippen molar-refractivity contribution in [1.82, 2.24) is 16.0 Å². The van der Waals surface area contributed by atoms with Crippen LogP contribution in [0, 0.1) is 5.92 Å². The number of aliphatic imine (C=N–C) groups is 1. The Bertz CT molecular complexity index is 621. The van der Waals surface area contributed by atoms with E-state index in [4.69, 9.17) is 16.6 Å². The molecule has 1 amide bonds. The minimum atomic E-state index is 0.160. The highest BCUT2D eigenvalue weighted by molar-refractivity contribution is 6.30. The van der Waals surface area contributed by atoms with E-state index in [1.165, 1.54) is 5.56 Å². The fourth-order valence-electron chi connectivity index (χ4n) is 2.92. The van der Waals surface area contributed by atoms with Crippen LogP contribution in [-0.2, 0) is 10.2 Å². The van der Waals surface area contributed by atoms with Gasteiger partial charge in [-0.2, -0.15) is 0 Å². The monoisotopic (exact) mass is 362 g/mol. The van der Waals surface area contributed by atoms with Crippen LogP contribution in [0.4, 0.5) is 0 Å². The Morgan fingerprint density at radius 3 is 2.44 bits per heavy atom. The van der Waals surface area contributed by atoms with Crippen LogP contribution in [0.5, 0.6) is 0 Å². The van der Waals surface area contributed by atoms with Crippen molar-refractivity contribution < 1.29 is 4.79 Å². The first-order valence-electron chi connectivity index (χ1n) is 9.19. The van der Waals surface area contributed by atoms with Crippen LogP contribution in [0.1, 0.15) is 38.2 Å². The molecule has 3 rings (SSSR count). The molecule has 0 radical (unpaired) electrons. The van der Waals surface area contributed by atoms with E-state index in [0.29, 0.717) is 13.1 Å². The smallest absolute Gasteiger partial charge is 0.223 e. The molecule has 2 aliphatic carbocycles. The van der Waals surface area contributed by atoms with Crippen molar-refractivity contribution in [3.05, 3.63) is 34.9 Å². The third-order valence-electron chi connectivity index (χ3n) is 4.86. The number of nitrogens with zero attached hydrogens (tertiary/aromatic N) is 1.